The van der Waals surface area contributed by atoms with E-state index in [4.69, 9.17) is 0 Å². The van der Waals surface area contributed by atoms with Crippen LogP contribution in [0, 0.1) is 0 Å². The molecule has 0 fully saturated rings. The number of benzene rings is 2. The summed E-state index contributed by atoms with van der Waals surface area (Å²) in [6.07, 6.45) is 1.80. The zero-order valence-electron chi connectivity index (χ0n) is 15.1. The molecule has 1 unspecified atom stereocenters. The fourth-order valence-corrected chi connectivity index (χ4v) is 3.12. The molecule has 0 aliphatic rings. The summed E-state index contributed by atoms with van der Waals surface area (Å²) >= 11 is 0. The maximum atomic E-state index is 12.5. The number of nitrogens with zero attached hydrogens (tertiary/aromatic N) is 2. The first-order chi connectivity index (χ1) is 14.0. The van der Waals surface area contributed by atoms with Crippen LogP contribution in [-0.4, -0.2) is 42.8 Å². The minimum Gasteiger partial charge on any atom is -0.480 e. The number of rotatable bonds is 6. The third kappa shape index (κ3) is 3.65. The van der Waals surface area contributed by atoms with Crippen LogP contribution < -0.4 is 11.0 Å². The number of carboxylic acids is 1. The summed E-state index contributed by atoms with van der Waals surface area (Å²) in [5, 5.41) is 16.8. The molecule has 2 aromatic carbocycles. The standard InChI is InChI=1S/C20H17N5O4/c26-18(17-23-20(29)25(24-17)13-6-2-1-3-7-13)22-16(19(27)28)10-12-11-21-15-9-5-4-8-14(12)15/h1-9,11,16,21H,10H2,(H,22,26)(H,27,28)(H,23,24,29). The topological polar surface area (TPSA) is 133 Å². The maximum Gasteiger partial charge on any atom is 0.348 e. The Morgan fingerprint density at radius 1 is 1.10 bits per heavy atom. The summed E-state index contributed by atoms with van der Waals surface area (Å²) in [6.45, 7) is 0. The van der Waals surface area contributed by atoms with E-state index in [0.717, 1.165) is 21.1 Å². The Balaban J connectivity index is 1.55. The van der Waals surface area contributed by atoms with E-state index in [0.29, 0.717) is 5.69 Å². The fraction of sp³-hybridized carbons (Fsp3) is 0.100. The monoisotopic (exact) mass is 391 g/mol. The molecule has 1 atom stereocenters. The van der Waals surface area contributed by atoms with Crippen molar-refractivity contribution in [2.24, 2.45) is 0 Å². The van der Waals surface area contributed by atoms with Gasteiger partial charge < -0.3 is 15.4 Å². The van der Waals surface area contributed by atoms with Crippen LogP contribution >= 0.6 is 0 Å². The molecule has 9 heteroatoms. The molecule has 4 rings (SSSR count). The van der Waals surface area contributed by atoms with Gasteiger partial charge in [-0.3, -0.25) is 9.78 Å². The second-order valence-corrected chi connectivity index (χ2v) is 6.45. The van der Waals surface area contributed by atoms with Crippen molar-refractivity contribution in [3.8, 4) is 5.69 Å². The summed E-state index contributed by atoms with van der Waals surface area (Å²) < 4.78 is 1.05. The third-order valence-electron chi connectivity index (χ3n) is 4.54. The molecule has 2 aromatic heterocycles. The molecule has 9 nitrogen and oxygen atoms in total. The summed E-state index contributed by atoms with van der Waals surface area (Å²) in [5.41, 5.74) is 1.53. The van der Waals surface area contributed by atoms with Crippen LogP contribution in [0.2, 0.25) is 0 Å². The summed E-state index contributed by atoms with van der Waals surface area (Å²) in [4.78, 5) is 41.8. The van der Waals surface area contributed by atoms with E-state index in [-0.39, 0.29) is 12.2 Å². The molecule has 1 amide bonds. The molecule has 2 heterocycles. The number of amides is 1. The van der Waals surface area contributed by atoms with Crippen LogP contribution in [0.15, 0.2) is 65.6 Å². The average Bonchev–Trinajstić information content (AvgIpc) is 3.32. The normalized spacial score (nSPS) is 12.0. The predicted molar refractivity (Wildman–Crippen MR) is 105 cm³/mol. The second kappa shape index (κ2) is 7.47. The zero-order valence-corrected chi connectivity index (χ0v) is 15.1. The highest BCUT2D eigenvalue weighted by molar-refractivity contribution is 5.93. The van der Waals surface area contributed by atoms with Crippen molar-refractivity contribution in [3.05, 3.63) is 82.7 Å². The van der Waals surface area contributed by atoms with Crippen LogP contribution in [0.1, 0.15) is 16.2 Å². The molecule has 0 radical (unpaired) electrons. The number of carboxylic acid groups (broad SMARTS) is 1. The predicted octanol–water partition coefficient (Wildman–Crippen LogP) is 1.47. The Kier molecular flexibility index (Phi) is 4.70. The molecular formula is C20H17N5O4. The minimum atomic E-state index is -1.19. The molecule has 0 aliphatic carbocycles. The van der Waals surface area contributed by atoms with Crippen molar-refractivity contribution in [3.63, 3.8) is 0 Å². The van der Waals surface area contributed by atoms with Gasteiger partial charge in [0.25, 0.3) is 5.91 Å². The SMILES string of the molecule is O=C(NC(Cc1c[nH]c2ccccc12)C(=O)O)c1nn(-c2ccccc2)c(=O)[nH]1. The van der Waals surface area contributed by atoms with E-state index < -0.39 is 23.6 Å². The Bertz CT molecular complexity index is 1240. The molecule has 4 N–H and O–H groups in total. The number of para-hydroxylation sites is 2. The van der Waals surface area contributed by atoms with Crippen LogP contribution in [0.3, 0.4) is 0 Å². The van der Waals surface area contributed by atoms with Gasteiger partial charge in [0.05, 0.1) is 5.69 Å². The van der Waals surface area contributed by atoms with Gasteiger partial charge in [-0.05, 0) is 23.8 Å². The molecular weight excluding hydrogens is 374 g/mol. The lowest BCUT2D eigenvalue weighted by Gasteiger charge is -2.13. The van der Waals surface area contributed by atoms with Crippen molar-refractivity contribution in [2.75, 3.05) is 0 Å². The lowest BCUT2D eigenvalue weighted by molar-refractivity contribution is -0.139. The van der Waals surface area contributed by atoms with E-state index in [9.17, 15) is 19.5 Å². The molecule has 0 bridgehead atoms. The Labute approximate surface area is 164 Å². The first-order valence-electron chi connectivity index (χ1n) is 8.86. The molecule has 0 saturated heterocycles. The van der Waals surface area contributed by atoms with Gasteiger partial charge >= 0.3 is 11.7 Å². The van der Waals surface area contributed by atoms with Gasteiger partial charge in [-0.25, -0.2) is 9.59 Å². The Morgan fingerprint density at radius 3 is 2.59 bits per heavy atom. The van der Waals surface area contributed by atoms with Gasteiger partial charge in [-0.1, -0.05) is 36.4 Å². The molecule has 29 heavy (non-hydrogen) atoms. The number of aliphatic carboxylic acids is 1. The van der Waals surface area contributed by atoms with Crippen LogP contribution in [0.4, 0.5) is 0 Å². The summed E-state index contributed by atoms with van der Waals surface area (Å²) in [6, 6.07) is 14.9. The lowest BCUT2D eigenvalue weighted by Crippen LogP contribution is -2.42. The summed E-state index contributed by atoms with van der Waals surface area (Å²) in [5.74, 6) is -2.22. The van der Waals surface area contributed by atoms with Gasteiger partial charge in [0.15, 0.2) is 0 Å². The highest BCUT2D eigenvalue weighted by Crippen LogP contribution is 2.19. The minimum absolute atomic E-state index is 0.0781. The first-order valence-corrected chi connectivity index (χ1v) is 8.86. The second-order valence-electron chi connectivity index (χ2n) is 6.45. The quantitative estimate of drug-likeness (QED) is 0.395. The molecule has 0 spiro atoms. The number of carbonyl (C=O) groups excluding carboxylic acids is 1. The van der Waals surface area contributed by atoms with Gasteiger partial charge in [-0.2, -0.15) is 4.68 Å². The number of hydrogen-bond acceptors (Lipinski definition) is 4. The Hall–Kier alpha value is -4.14. The highest BCUT2D eigenvalue weighted by Gasteiger charge is 2.24. The van der Waals surface area contributed by atoms with Crippen LogP contribution in [0.25, 0.3) is 16.6 Å². The van der Waals surface area contributed by atoms with Gasteiger partial charge in [0.1, 0.15) is 6.04 Å². The molecule has 146 valence electrons. The van der Waals surface area contributed by atoms with Crippen molar-refractivity contribution < 1.29 is 14.7 Å². The van der Waals surface area contributed by atoms with E-state index in [1.54, 1.807) is 36.5 Å². The molecule has 0 saturated carbocycles. The van der Waals surface area contributed by atoms with Crippen LogP contribution in [-0.2, 0) is 11.2 Å². The van der Waals surface area contributed by atoms with E-state index in [1.807, 2.05) is 24.3 Å². The average molecular weight is 391 g/mol. The smallest absolute Gasteiger partial charge is 0.348 e. The van der Waals surface area contributed by atoms with Gasteiger partial charge in [0, 0.05) is 23.5 Å². The number of H-pyrrole nitrogens is 2. The number of fused-ring (bicyclic) bond motifs is 1. The maximum absolute atomic E-state index is 12.5. The number of aromatic amines is 2. The van der Waals surface area contributed by atoms with Gasteiger partial charge in [0.2, 0.25) is 5.82 Å². The lowest BCUT2D eigenvalue weighted by atomic mass is 10.0. The van der Waals surface area contributed by atoms with E-state index >= 15 is 0 Å². The molecule has 0 aliphatic heterocycles. The van der Waals surface area contributed by atoms with Crippen molar-refractivity contribution in [1.29, 1.82) is 0 Å². The number of carbonyl (C=O) groups is 2. The summed E-state index contributed by atoms with van der Waals surface area (Å²) in [7, 11) is 0. The fourth-order valence-electron chi connectivity index (χ4n) is 3.12. The molecule has 4 aromatic rings. The van der Waals surface area contributed by atoms with E-state index in [1.165, 1.54) is 0 Å². The number of hydrogen-bond donors (Lipinski definition) is 4. The van der Waals surface area contributed by atoms with E-state index in [2.05, 4.69) is 20.4 Å². The first kappa shape index (κ1) is 18.2. The third-order valence-corrected chi connectivity index (χ3v) is 4.54. The number of nitrogens with one attached hydrogen (secondary N) is 3. The zero-order chi connectivity index (χ0) is 20.4. The van der Waals surface area contributed by atoms with Crippen molar-refractivity contribution in [2.45, 2.75) is 12.5 Å². The van der Waals surface area contributed by atoms with Crippen LogP contribution in [0.5, 0.6) is 0 Å². The Morgan fingerprint density at radius 2 is 1.83 bits per heavy atom. The van der Waals surface area contributed by atoms with Crippen molar-refractivity contribution in [1.82, 2.24) is 25.1 Å². The largest absolute Gasteiger partial charge is 0.480 e. The van der Waals surface area contributed by atoms with Crippen molar-refractivity contribution >= 4 is 22.8 Å². The number of aromatic nitrogens is 4. The highest BCUT2D eigenvalue weighted by atomic mass is 16.4. The van der Waals surface area contributed by atoms with Gasteiger partial charge in [-0.15, -0.1) is 5.10 Å².